The third-order valence-electron chi connectivity index (χ3n) is 5.47. The Labute approximate surface area is 171 Å². The lowest BCUT2D eigenvalue weighted by molar-refractivity contribution is -0.153. The van der Waals surface area contributed by atoms with Gasteiger partial charge in [-0.05, 0) is 43.9 Å². The SMILES string of the molecule is FC(F)(F)COc1cc2ncc(-c3cccc(NC4CCNC4)n3)n2cc1C1CC1. The summed E-state index contributed by atoms with van der Waals surface area (Å²) in [5.41, 5.74) is 2.87. The van der Waals surface area contributed by atoms with Crippen LogP contribution < -0.4 is 15.4 Å². The lowest BCUT2D eigenvalue weighted by atomic mass is 10.1. The fraction of sp³-hybridized carbons (Fsp3) is 0.429. The molecule has 0 amide bonds. The number of alkyl halides is 3. The van der Waals surface area contributed by atoms with Crippen LogP contribution in [0.4, 0.5) is 19.0 Å². The molecule has 9 heteroatoms. The molecule has 4 heterocycles. The highest BCUT2D eigenvalue weighted by Gasteiger charge is 2.32. The monoisotopic (exact) mass is 417 g/mol. The standard InChI is InChI=1S/C21H22F3N5O/c22-21(23,24)12-30-18-8-20-26-10-17(29(20)11-15(18)13-4-5-13)16-2-1-3-19(28-16)27-14-6-7-25-9-14/h1-3,8,10-11,13-14,25H,4-7,9,12H2,(H,27,28). The molecule has 0 spiro atoms. The van der Waals surface area contributed by atoms with E-state index in [0.717, 1.165) is 55.1 Å². The summed E-state index contributed by atoms with van der Waals surface area (Å²) in [5.74, 6) is 1.28. The number of anilines is 1. The summed E-state index contributed by atoms with van der Waals surface area (Å²) in [6, 6.07) is 7.73. The molecular formula is C21H22F3N5O. The smallest absolute Gasteiger partial charge is 0.422 e. The van der Waals surface area contributed by atoms with E-state index in [4.69, 9.17) is 9.72 Å². The Hall–Kier alpha value is -2.81. The number of imidazole rings is 1. The largest absolute Gasteiger partial charge is 0.484 e. The van der Waals surface area contributed by atoms with Crippen molar-refractivity contribution in [3.05, 3.63) is 42.2 Å². The number of aromatic nitrogens is 3. The van der Waals surface area contributed by atoms with Crippen molar-refractivity contribution in [3.63, 3.8) is 0 Å². The Morgan fingerprint density at radius 2 is 2.10 bits per heavy atom. The van der Waals surface area contributed by atoms with Crippen molar-refractivity contribution in [2.75, 3.05) is 25.0 Å². The topological polar surface area (TPSA) is 63.5 Å². The summed E-state index contributed by atoms with van der Waals surface area (Å²) in [4.78, 5) is 9.12. The molecule has 1 atom stereocenters. The van der Waals surface area contributed by atoms with Gasteiger partial charge in [0, 0.05) is 30.4 Å². The minimum atomic E-state index is -4.38. The maximum Gasteiger partial charge on any atom is 0.422 e. The van der Waals surface area contributed by atoms with E-state index >= 15 is 0 Å². The Morgan fingerprint density at radius 1 is 1.23 bits per heavy atom. The first-order valence-corrected chi connectivity index (χ1v) is 10.1. The molecule has 6 nitrogen and oxygen atoms in total. The predicted octanol–water partition coefficient (Wildman–Crippen LogP) is 3.99. The fourth-order valence-corrected chi connectivity index (χ4v) is 3.84. The molecule has 2 fully saturated rings. The van der Waals surface area contributed by atoms with Crippen LogP contribution in [0, 0.1) is 0 Å². The van der Waals surface area contributed by atoms with Crippen LogP contribution in [0.15, 0.2) is 36.7 Å². The van der Waals surface area contributed by atoms with Gasteiger partial charge < -0.3 is 15.4 Å². The number of nitrogens with one attached hydrogen (secondary N) is 2. The van der Waals surface area contributed by atoms with Crippen LogP contribution in [0.3, 0.4) is 0 Å². The van der Waals surface area contributed by atoms with Crippen LogP contribution in [0.1, 0.15) is 30.7 Å². The van der Waals surface area contributed by atoms with E-state index in [1.807, 2.05) is 28.8 Å². The fourth-order valence-electron chi connectivity index (χ4n) is 3.84. The van der Waals surface area contributed by atoms with Crippen LogP contribution in [-0.4, -0.2) is 46.3 Å². The normalized spacial score (nSPS) is 19.4. The summed E-state index contributed by atoms with van der Waals surface area (Å²) < 4.78 is 44.9. The van der Waals surface area contributed by atoms with Crippen LogP contribution in [0.2, 0.25) is 0 Å². The maximum atomic E-state index is 12.6. The number of hydrogen-bond donors (Lipinski definition) is 2. The van der Waals surface area contributed by atoms with E-state index in [1.165, 1.54) is 0 Å². The second kappa shape index (κ2) is 7.46. The van der Waals surface area contributed by atoms with Gasteiger partial charge in [-0.1, -0.05) is 6.07 Å². The van der Waals surface area contributed by atoms with E-state index in [0.29, 0.717) is 11.7 Å². The molecule has 1 aliphatic heterocycles. The number of fused-ring (bicyclic) bond motifs is 1. The average Bonchev–Trinajstić information content (AvgIpc) is 3.27. The summed E-state index contributed by atoms with van der Waals surface area (Å²) in [5, 5.41) is 6.76. The Kier molecular flexibility index (Phi) is 4.77. The molecule has 0 aromatic carbocycles. The molecule has 5 rings (SSSR count). The van der Waals surface area contributed by atoms with Gasteiger partial charge in [-0.3, -0.25) is 4.40 Å². The van der Waals surface area contributed by atoms with Crippen LogP contribution in [0.25, 0.3) is 17.0 Å². The first-order valence-electron chi connectivity index (χ1n) is 10.1. The highest BCUT2D eigenvalue weighted by molar-refractivity contribution is 5.64. The van der Waals surface area contributed by atoms with Crippen molar-refractivity contribution < 1.29 is 17.9 Å². The zero-order chi connectivity index (χ0) is 20.7. The molecule has 1 aliphatic carbocycles. The van der Waals surface area contributed by atoms with E-state index in [9.17, 15) is 13.2 Å². The molecule has 3 aromatic heterocycles. The molecule has 30 heavy (non-hydrogen) atoms. The summed E-state index contributed by atoms with van der Waals surface area (Å²) in [6.07, 6.45) is 2.12. The number of halogens is 3. The van der Waals surface area contributed by atoms with E-state index < -0.39 is 12.8 Å². The van der Waals surface area contributed by atoms with Gasteiger partial charge in [0.25, 0.3) is 0 Å². The zero-order valence-electron chi connectivity index (χ0n) is 16.2. The van der Waals surface area contributed by atoms with Gasteiger partial charge in [0.1, 0.15) is 17.2 Å². The molecule has 2 aliphatic rings. The number of nitrogens with zero attached hydrogens (tertiary/aromatic N) is 3. The highest BCUT2D eigenvalue weighted by atomic mass is 19.4. The van der Waals surface area contributed by atoms with Crippen molar-refractivity contribution in [3.8, 4) is 17.1 Å². The minimum absolute atomic E-state index is 0.226. The predicted molar refractivity (Wildman–Crippen MR) is 107 cm³/mol. The zero-order valence-corrected chi connectivity index (χ0v) is 16.2. The lowest BCUT2D eigenvalue weighted by Crippen LogP contribution is -2.22. The lowest BCUT2D eigenvalue weighted by Gasteiger charge is -2.15. The molecule has 3 aromatic rings. The summed E-state index contributed by atoms with van der Waals surface area (Å²) in [6.45, 7) is 0.599. The third-order valence-corrected chi connectivity index (χ3v) is 5.47. The van der Waals surface area contributed by atoms with E-state index in [2.05, 4.69) is 15.6 Å². The first-order chi connectivity index (χ1) is 14.5. The average molecular weight is 417 g/mol. The van der Waals surface area contributed by atoms with E-state index in [-0.39, 0.29) is 11.7 Å². The number of rotatable bonds is 6. The van der Waals surface area contributed by atoms with Crippen molar-refractivity contribution in [2.24, 2.45) is 0 Å². The summed E-state index contributed by atoms with van der Waals surface area (Å²) in [7, 11) is 0. The summed E-state index contributed by atoms with van der Waals surface area (Å²) >= 11 is 0. The Morgan fingerprint density at radius 3 is 2.83 bits per heavy atom. The molecule has 1 saturated heterocycles. The molecule has 158 valence electrons. The quantitative estimate of drug-likeness (QED) is 0.635. The molecule has 0 radical (unpaired) electrons. The molecule has 0 bridgehead atoms. The number of pyridine rings is 2. The second-order valence-corrected chi connectivity index (χ2v) is 7.88. The van der Waals surface area contributed by atoms with Crippen LogP contribution in [-0.2, 0) is 0 Å². The van der Waals surface area contributed by atoms with Crippen LogP contribution in [0.5, 0.6) is 5.75 Å². The molecule has 1 saturated carbocycles. The molecular weight excluding hydrogens is 395 g/mol. The highest BCUT2D eigenvalue weighted by Crippen LogP contribution is 2.45. The van der Waals surface area contributed by atoms with Crippen molar-refractivity contribution >= 4 is 11.5 Å². The van der Waals surface area contributed by atoms with Gasteiger partial charge in [0.05, 0.1) is 17.6 Å². The minimum Gasteiger partial charge on any atom is -0.484 e. The third kappa shape index (κ3) is 4.07. The van der Waals surface area contributed by atoms with Crippen molar-refractivity contribution in [1.29, 1.82) is 0 Å². The van der Waals surface area contributed by atoms with Crippen LogP contribution >= 0.6 is 0 Å². The Balaban J connectivity index is 1.47. The second-order valence-electron chi connectivity index (χ2n) is 7.88. The van der Waals surface area contributed by atoms with Gasteiger partial charge in [-0.15, -0.1) is 0 Å². The molecule has 1 unspecified atom stereocenters. The first kappa shape index (κ1) is 19.2. The van der Waals surface area contributed by atoms with Gasteiger partial charge in [-0.25, -0.2) is 9.97 Å². The van der Waals surface area contributed by atoms with Gasteiger partial charge in [0.15, 0.2) is 6.61 Å². The number of hydrogen-bond acceptors (Lipinski definition) is 5. The molecule has 2 N–H and O–H groups in total. The van der Waals surface area contributed by atoms with E-state index in [1.54, 1.807) is 12.3 Å². The van der Waals surface area contributed by atoms with Crippen molar-refractivity contribution in [2.45, 2.75) is 37.4 Å². The van der Waals surface area contributed by atoms with Crippen molar-refractivity contribution in [1.82, 2.24) is 19.7 Å². The Bertz CT molecular complexity index is 1050. The van der Waals surface area contributed by atoms with Gasteiger partial charge >= 0.3 is 6.18 Å². The van der Waals surface area contributed by atoms with Gasteiger partial charge in [0.2, 0.25) is 0 Å². The number of ether oxygens (including phenoxy) is 1. The van der Waals surface area contributed by atoms with Gasteiger partial charge in [-0.2, -0.15) is 13.2 Å². The maximum absolute atomic E-state index is 12.6.